The number of nitrogen functional groups attached to an aromatic ring is 1. The maximum absolute atomic E-state index is 12.7. The van der Waals surface area contributed by atoms with Crippen LogP contribution in [0, 0.1) is 0 Å². The van der Waals surface area contributed by atoms with Crippen LogP contribution < -0.4 is 11.1 Å². The predicted octanol–water partition coefficient (Wildman–Crippen LogP) is 4.20. The maximum Gasteiger partial charge on any atom is 0.266 e. The first-order chi connectivity index (χ1) is 15.0. The summed E-state index contributed by atoms with van der Waals surface area (Å²) in [5.41, 5.74) is 6.91. The number of carbonyl (C=O) groups excluding carboxylic acids is 1. The minimum Gasteiger partial charge on any atom is -0.391 e. The second-order valence-corrected chi connectivity index (χ2v) is 8.39. The molecule has 154 valence electrons. The third-order valence-corrected chi connectivity index (χ3v) is 5.65. The first kappa shape index (κ1) is 19.5. The summed E-state index contributed by atoms with van der Waals surface area (Å²) in [5.74, 6) is 0.141. The van der Waals surface area contributed by atoms with E-state index >= 15 is 0 Å². The number of halogens is 2. The molecule has 31 heavy (non-hydrogen) atoms. The molecule has 0 saturated heterocycles. The van der Waals surface area contributed by atoms with Crippen LogP contribution in [-0.4, -0.2) is 35.4 Å². The molecule has 0 bridgehead atoms. The molecule has 0 spiro atoms. The molecule has 0 aliphatic rings. The van der Waals surface area contributed by atoms with Crippen LogP contribution in [0.3, 0.4) is 0 Å². The van der Waals surface area contributed by atoms with Gasteiger partial charge in [-0.2, -0.15) is 20.2 Å². The summed E-state index contributed by atoms with van der Waals surface area (Å²) in [7, 11) is 0. The lowest BCUT2D eigenvalue weighted by molar-refractivity contribution is 0.103. The van der Waals surface area contributed by atoms with E-state index in [1.54, 1.807) is 41.3 Å². The zero-order valence-electron chi connectivity index (χ0n) is 15.5. The molecule has 1 aromatic carbocycles. The summed E-state index contributed by atoms with van der Waals surface area (Å²) in [6, 6.07) is 10.5. The molecule has 9 nitrogen and oxygen atoms in total. The summed E-state index contributed by atoms with van der Waals surface area (Å²) in [5, 5.41) is 13.5. The van der Waals surface area contributed by atoms with Crippen LogP contribution in [0.1, 0.15) is 9.67 Å². The van der Waals surface area contributed by atoms with Gasteiger partial charge in [0.15, 0.2) is 5.65 Å². The largest absolute Gasteiger partial charge is 0.391 e. The second-order valence-electron chi connectivity index (χ2n) is 6.41. The van der Waals surface area contributed by atoms with Gasteiger partial charge in [-0.25, -0.2) is 9.36 Å². The minimum absolute atomic E-state index is 0.212. The molecule has 0 aliphatic carbocycles. The average molecular weight is 471 g/mol. The fourth-order valence-corrected chi connectivity index (χ4v) is 3.94. The smallest absolute Gasteiger partial charge is 0.266 e. The van der Waals surface area contributed by atoms with Gasteiger partial charge in [-0.05, 0) is 30.3 Å². The zero-order chi connectivity index (χ0) is 21.5. The Kier molecular flexibility index (Phi) is 4.81. The van der Waals surface area contributed by atoms with Crippen molar-refractivity contribution in [1.29, 1.82) is 0 Å². The SMILES string of the molecule is Nc1ccc(C(=O)Nc2nc(-n3cc(Cl)cn3)nc3c2cnn3-c2cccc(Cl)c2)s1. The molecule has 4 heterocycles. The highest BCUT2D eigenvalue weighted by Crippen LogP contribution is 2.27. The molecule has 0 unspecified atom stereocenters. The van der Waals surface area contributed by atoms with Crippen LogP contribution in [0.15, 0.2) is 55.0 Å². The van der Waals surface area contributed by atoms with E-state index in [4.69, 9.17) is 28.9 Å². The summed E-state index contributed by atoms with van der Waals surface area (Å²) in [4.78, 5) is 22.3. The van der Waals surface area contributed by atoms with Gasteiger partial charge in [-0.1, -0.05) is 29.3 Å². The van der Waals surface area contributed by atoms with Crippen molar-refractivity contribution in [2.75, 3.05) is 11.1 Å². The summed E-state index contributed by atoms with van der Waals surface area (Å²) in [6.45, 7) is 0. The van der Waals surface area contributed by atoms with Gasteiger partial charge in [-0.3, -0.25) is 4.79 Å². The Hall–Kier alpha value is -3.47. The molecular weight excluding hydrogens is 459 g/mol. The van der Waals surface area contributed by atoms with Gasteiger partial charge in [0.05, 0.1) is 44.6 Å². The first-order valence-electron chi connectivity index (χ1n) is 8.87. The minimum atomic E-state index is -0.346. The van der Waals surface area contributed by atoms with Crippen LogP contribution in [0.2, 0.25) is 10.0 Å². The standard InChI is InChI=1S/C19H12Cl2N8OS/c20-10-2-1-3-12(6-10)29-17-13(8-24-29)16(25-18(30)14-4-5-15(22)31-14)26-19(27-17)28-9-11(21)7-23-28/h1-9H,22H2,(H,25,26,27,30). The Morgan fingerprint density at radius 3 is 2.65 bits per heavy atom. The van der Waals surface area contributed by atoms with Gasteiger partial charge in [0.25, 0.3) is 11.9 Å². The van der Waals surface area contributed by atoms with Gasteiger partial charge in [0.1, 0.15) is 5.82 Å². The van der Waals surface area contributed by atoms with Gasteiger partial charge >= 0.3 is 0 Å². The van der Waals surface area contributed by atoms with E-state index in [1.807, 2.05) is 12.1 Å². The Morgan fingerprint density at radius 2 is 1.94 bits per heavy atom. The Morgan fingerprint density at radius 1 is 1.06 bits per heavy atom. The number of fused-ring (bicyclic) bond motifs is 1. The summed E-state index contributed by atoms with van der Waals surface area (Å²) >= 11 is 13.3. The monoisotopic (exact) mass is 470 g/mol. The van der Waals surface area contributed by atoms with E-state index in [2.05, 4.69) is 25.5 Å². The number of aromatic nitrogens is 6. The molecule has 1 amide bonds. The molecular formula is C19H12Cl2N8OS. The highest BCUT2D eigenvalue weighted by Gasteiger charge is 2.19. The van der Waals surface area contributed by atoms with E-state index in [1.165, 1.54) is 22.2 Å². The fraction of sp³-hybridized carbons (Fsp3) is 0. The number of benzene rings is 1. The molecule has 0 aliphatic heterocycles. The number of amides is 1. The van der Waals surface area contributed by atoms with Crippen LogP contribution >= 0.6 is 34.5 Å². The van der Waals surface area contributed by atoms with Crippen molar-refractivity contribution >= 4 is 62.3 Å². The lowest BCUT2D eigenvalue weighted by Crippen LogP contribution is -2.14. The number of hydrogen-bond acceptors (Lipinski definition) is 7. The van der Waals surface area contributed by atoms with Gasteiger partial charge in [0.2, 0.25) is 0 Å². The Labute approximate surface area is 189 Å². The van der Waals surface area contributed by atoms with Crippen molar-refractivity contribution in [3.63, 3.8) is 0 Å². The van der Waals surface area contributed by atoms with E-state index in [0.29, 0.717) is 36.6 Å². The molecule has 0 saturated carbocycles. The van der Waals surface area contributed by atoms with E-state index in [9.17, 15) is 4.79 Å². The topological polar surface area (TPSA) is 117 Å². The number of anilines is 2. The average Bonchev–Trinajstić information content (AvgIpc) is 3.47. The van der Waals surface area contributed by atoms with Crippen LogP contribution in [-0.2, 0) is 0 Å². The molecule has 5 aromatic rings. The quantitative estimate of drug-likeness (QED) is 0.406. The number of nitrogens with one attached hydrogen (secondary N) is 1. The normalized spacial score (nSPS) is 11.2. The van der Waals surface area contributed by atoms with Crippen molar-refractivity contribution in [2.45, 2.75) is 0 Å². The molecule has 0 fully saturated rings. The number of thiophene rings is 1. The molecule has 12 heteroatoms. The number of nitrogens with zero attached hydrogens (tertiary/aromatic N) is 6. The number of nitrogens with two attached hydrogens (primary N) is 1. The number of hydrogen-bond donors (Lipinski definition) is 2. The molecule has 4 aromatic heterocycles. The maximum atomic E-state index is 12.7. The van der Waals surface area contributed by atoms with Crippen LogP contribution in [0.4, 0.5) is 10.8 Å². The first-order valence-corrected chi connectivity index (χ1v) is 10.4. The van der Waals surface area contributed by atoms with Crippen LogP contribution in [0.5, 0.6) is 0 Å². The lowest BCUT2D eigenvalue weighted by atomic mass is 10.3. The summed E-state index contributed by atoms with van der Waals surface area (Å²) < 4.78 is 3.02. The van der Waals surface area contributed by atoms with Crippen molar-refractivity contribution in [2.24, 2.45) is 0 Å². The molecule has 5 rings (SSSR count). The van der Waals surface area contributed by atoms with E-state index in [0.717, 1.165) is 0 Å². The predicted molar refractivity (Wildman–Crippen MR) is 120 cm³/mol. The van der Waals surface area contributed by atoms with Crippen molar-refractivity contribution in [3.8, 4) is 11.6 Å². The Balaban J connectivity index is 1.67. The van der Waals surface area contributed by atoms with Crippen molar-refractivity contribution in [1.82, 2.24) is 29.5 Å². The second kappa shape index (κ2) is 7.65. The molecule has 3 N–H and O–H groups in total. The molecule has 0 radical (unpaired) electrons. The summed E-state index contributed by atoms with van der Waals surface area (Å²) in [6.07, 6.45) is 4.61. The highest BCUT2D eigenvalue weighted by molar-refractivity contribution is 7.17. The van der Waals surface area contributed by atoms with Crippen molar-refractivity contribution in [3.05, 3.63) is 69.9 Å². The van der Waals surface area contributed by atoms with Gasteiger partial charge in [0, 0.05) is 5.02 Å². The third kappa shape index (κ3) is 3.72. The zero-order valence-corrected chi connectivity index (χ0v) is 17.9. The van der Waals surface area contributed by atoms with Gasteiger partial charge < -0.3 is 11.1 Å². The van der Waals surface area contributed by atoms with Crippen molar-refractivity contribution < 1.29 is 4.79 Å². The van der Waals surface area contributed by atoms with Crippen LogP contribution in [0.25, 0.3) is 22.7 Å². The molecule has 0 atom stereocenters. The van der Waals surface area contributed by atoms with E-state index < -0.39 is 0 Å². The number of carbonyl (C=O) groups is 1. The third-order valence-electron chi connectivity index (χ3n) is 4.31. The van der Waals surface area contributed by atoms with E-state index in [-0.39, 0.29) is 17.7 Å². The highest BCUT2D eigenvalue weighted by atomic mass is 35.5. The fourth-order valence-electron chi connectivity index (χ4n) is 2.95. The lowest BCUT2D eigenvalue weighted by Gasteiger charge is -2.09. The Bertz CT molecular complexity index is 1440. The number of rotatable bonds is 4. The van der Waals surface area contributed by atoms with Gasteiger partial charge in [-0.15, -0.1) is 11.3 Å².